The number of allylic oxidation sites excluding steroid dienone is 1. The fraction of sp³-hybridized carbons (Fsp3) is 0.571. The van der Waals surface area contributed by atoms with E-state index in [4.69, 9.17) is 28.7 Å². The SMILES string of the molecule is CC/C=C(\N)C(N)C(N)(N)C(N)=O. The molecule has 76 valence electrons. The number of hydrogen-bond donors (Lipinski definition) is 5. The lowest BCUT2D eigenvalue weighted by atomic mass is 9.99. The van der Waals surface area contributed by atoms with Crippen LogP contribution in [-0.4, -0.2) is 17.6 Å². The lowest BCUT2D eigenvalue weighted by Crippen LogP contribution is -2.70. The maximum Gasteiger partial charge on any atom is 0.254 e. The smallest absolute Gasteiger partial charge is 0.254 e. The van der Waals surface area contributed by atoms with Gasteiger partial charge in [-0.25, -0.2) is 0 Å². The summed E-state index contributed by atoms with van der Waals surface area (Å²) in [6.45, 7) is 1.87. The highest BCUT2D eigenvalue weighted by Crippen LogP contribution is 2.03. The van der Waals surface area contributed by atoms with Crippen LogP contribution in [0.25, 0.3) is 0 Å². The molecule has 0 aromatic heterocycles. The predicted octanol–water partition coefficient (Wildman–Crippen LogP) is -2.33. The second-order valence-corrected chi connectivity index (χ2v) is 2.89. The van der Waals surface area contributed by atoms with Crippen LogP contribution in [0.1, 0.15) is 13.3 Å². The molecule has 10 N–H and O–H groups in total. The van der Waals surface area contributed by atoms with E-state index in [2.05, 4.69) is 0 Å². The molecule has 0 rings (SSSR count). The minimum atomic E-state index is -1.80. The van der Waals surface area contributed by atoms with Crippen LogP contribution in [0, 0.1) is 0 Å². The monoisotopic (exact) mass is 187 g/mol. The third-order valence-corrected chi connectivity index (χ3v) is 1.74. The molecule has 0 heterocycles. The summed E-state index contributed by atoms with van der Waals surface area (Å²) in [5, 5.41) is 0. The lowest BCUT2D eigenvalue weighted by molar-refractivity contribution is -0.123. The summed E-state index contributed by atoms with van der Waals surface area (Å²) >= 11 is 0. The first kappa shape index (κ1) is 11.9. The van der Waals surface area contributed by atoms with Crippen molar-refractivity contribution in [1.29, 1.82) is 0 Å². The minimum absolute atomic E-state index is 0.270. The molecule has 1 unspecified atom stereocenters. The van der Waals surface area contributed by atoms with E-state index in [-0.39, 0.29) is 5.70 Å². The molecular formula is C7H17N5O. The van der Waals surface area contributed by atoms with Crippen molar-refractivity contribution in [3.63, 3.8) is 0 Å². The van der Waals surface area contributed by atoms with Crippen molar-refractivity contribution in [2.24, 2.45) is 28.7 Å². The van der Waals surface area contributed by atoms with Gasteiger partial charge in [0, 0.05) is 5.70 Å². The summed E-state index contributed by atoms with van der Waals surface area (Å²) in [4.78, 5) is 10.8. The normalized spacial score (nSPS) is 15.5. The van der Waals surface area contributed by atoms with E-state index in [9.17, 15) is 4.79 Å². The van der Waals surface area contributed by atoms with Crippen molar-refractivity contribution >= 4 is 5.91 Å². The standard InChI is InChI=1S/C7H17N5O/c1-2-3-4(8)5(9)7(11,12)6(10)13/h3,5H,2,8-9,11-12H2,1H3,(H2,10,13)/b4-3-. The van der Waals surface area contributed by atoms with Crippen LogP contribution >= 0.6 is 0 Å². The van der Waals surface area contributed by atoms with Gasteiger partial charge in [0.15, 0.2) is 5.66 Å². The quantitative estimate of drug-likeness (QED) is 0.313. The maximum atomic E-state index is 10.8. The van der Waals surface area contributed by atoms with Crippen LogP contribution in [0.4, 0.5) is 0 Å². The molecular weight excluding hydrogens is 170 g/mol. The van der Waals surface area contributed by atoms with E-state index in [0.717, 1.165) is 0 Å². The molecule has 6 heteroatoms. The second-order valence-electron chi connectivity index (χ2n) is 2.89. The minimum Gasteiger partial charge on any atom is -0.401 e. The molecule has 0 aliphatic carbocycles. The average molecular weight is 187 g/mol. The molecule has 0 saturated carbocycles. The number of primary amides is 1. The van der Waals surface area contributed by atoms with Gasteiger partial charge in [-0.2, -0.15) is 0 Å². The largest absolute Gasteiger partial charge is 0.401 e. The molecule has 0 fully saturated rings. The molecule has 0 saturated heterocycles. The number of amides is 1. The van der Waals surface area contributed by atoms with Gasteiger partial charge in [0.25, 0.3) is 5.91 Å². The van der Waals surface area contributed by atoms with Gasteiger partial charge >= 0.3 is 0 Å². The summed E-state index contributed by atoms with van der Waals surface area (Å²) in [6.07, 6.45) is 2.33. The Morgan fingerprint density at radius 3 is 2.23 bits per heavy atom. The third-order valence-electron chi connectivity index (χ3n) is 1.74. The van der Waals surface area contributed by atoms with Crippen molar-refractivity contribution in [3.05, 3.63) is 11.8 Å². The van der Waals surface area contributed by atoms with Crippen molar-refractivity contribution in [2.45, 2.75) is 25.0 Å². The van der Waals surface area contributed by atoms with Crippen molar-refractivity contribution in [2.75, 3.05) is 0 Å². The second kappa shape index (κ2) is 4.22. The van der Waals surface area contributed by atoms with Gasteiger partial charge in [-0.1, -0.05) is 13.0 Å². The van der Waals surface area contributed by atoms with Gasteiger partial charge in [-0.15, -0.1) is 0 Å². The van der Waals surface area contributed by atoms with E-state index in [0.29, 0.717) is 6.42 Å². The molecule has 0 aliphatic rings. The van der Waals surface area contributed by atoms with Crippen LogP contribution in [0.3, 0.4) is 0 Å². The van der Waals surface area contributed by atoms with Crippen molar-refractivity contribution < 1.29 is 4.79 Å². The summed E-state index contributed by atoms with van der Waals surface area (Å²) in [6, 6.07) is -0.954. The molecule has 0 radical (unpaired) electrons. The number of carbonyl (C=O) groups is 1. The van der Waals surface area contributed by atoms with Crippen molar-refractivity contribution in [3.8, 4) is 0 Å². The molecule has 0 aromatic carbocycles. The molecule has 0 spiro atoms. The Kier molecular flexibility index (Phi) is 3.86. The first-order chi connectivity index (χ1) is 5.84. The maximum absolute atomic E-state index is 10.8. The van der Waals surface area contributed by atoms with Crippen LogP contribution in [-0.2, 0) is 4.79 Å². The molecule has 13 heavy (non-hydrogen) atoms. The number of rotatable bonds is 4. The van der Waals surface area contributed by atoms with Gasteiger partial charge in [0.2, 0.25) is 0 Å². The molecule has 1 atom stereocenters. The molecule has 6 nitrogen and oxygen atoms in total. The fourth-order valence-electron chi connectivity index (χ4n) is 0.792. The topological polar surface area (TPSA) is 147 Å². The Bertz CT molecular complexity index is 223. The molecule has 1 amide bonds. The van der Waals surface area contributed by atoms with E-state index < -0.39 is 17.6 Å². The first-order valence-electron chi connectivity index (χ1n) is 3.92. The Hall–Kier alpha value is -1.11. The summed E-state index contributed by atoms with van der Waals surface area (Å²) < 4.78 is 0. The Morgan fingerprint density at radius 1 is 1.46 bits per heavy atom. The summed E-state index contributed by atoms with van der Waals surface area (Å²) in [5.74, 6) is -0.882. The zero-order chi connectivity index (χ0) is 10.6. The van der Waals surface area contributed by atoms with Gasteiger partial charge in [0.1, 0.15) is 0 Å². The van der Waals surface area contributed by atoms with Crippen molar-refractivity contribution in [1.82, 2.24) is 0 Å². The Balaban J connectivity index is 4.68. The zero-order valence-corrected chi connectivity index (χ0v) is 7.66. The van der Waals surface area contributed by atoms with Crippen LogP contribution < -0.4 is 28.7 Å². The highest BCUT2D eigenvalue weighted by molar-refractivity contribution is 5.85. The van der Waals surface area contributed by atoms with E-state index in [1.54, 1.807) is 6.08 Å². The first-order valence-corrected chi connectivity index (χ1v) is 3.92. The summed E-state index contributed by atoms with van der Waals surface area (Å²) in [7, 11) is 0. The zero-order valence-electron chi connectivity index (χ0n) is 7.66. The number of nitrogens with two attached hydrogens (primary N) is 5. The van der Waals surface area contributed by atoms with Crippen LogP contribution in [0.5, 0.6) is 0 Å². The molecule has 0 bridgehead atoms. The van der Waals surface area contributed by atoms with Gasteiger partial charge < -0.3 is 28.7 Å². The van der Waals surface area contributed by atoms with Crippen LogP contribution in [0.15, 0.2) is 11.8 Å². The highest BCUT2D eigenvalue weighted by atomic mass is 16.1. The summed E-state index contributed by atoms with van der Waals surface area (Å²) in [5.41, 5.74) is 25.3. The van der Waals surface area contributed by atoms with E-state index in [1.807, 2.05) is 6.92 Å². The lowest BCUT2D eigenvalue weighted by Gasteiger charge is -2.27. The molecule has 0 aliphatic heterocycles. The fourth-order valence-corrected chi connectivity index (χ4v) is 0.792. The van der Waals surface area contributed by atoms with Gasteiger partial charge in [-0.05, 0) is 6.42 Å². The van der Waals surface area contributed by atoms with Gasteiger partial charge in [0.05, 0.1) is 6.04 Å². The van der Waals surface area contributed by atoms with Gasteiger partial charge in [-0.3, -0.25) is 4.79 Å². The molecule has 0 aromatic rings. The Morgan fingerprint density at radius 2 is 1.92 bits per heavy atom. The highest BCUT2D eigenvalue weighted by Gasteiger charge is 2.35. The Labute approximate surface area is 77.1 Å². The van der Waals surface area contributed by atoms with E-state index in [1.165, 1.54) is 0 Å². The predicted molar refractivity (Wildman–Crippen MR) is 50.8 cm³/mol. The third kappa shape index (κ3) is 2.69. The number of hydrogen-bond acceptors (Lipinski definition) is 5. The number of carbonyl (C=O) groups excluding carboxylic acids is 1. The van der Waals surface area contributed by atoms with E-state index >= 15 is 0 Å². The van der Waals surface area contributed by atoms with Crippen LogP contribution in [0.2, 0.25) is 0 Å². The average Bonchev–Trinajstić information content (AvgIpc) is 2.03.